The molecule has 8 heteroatoms. The molecular formula is C19H28N6OS. The smallest absolute Gasteiger partial charge is 0.289 e. The highest BCUT2D eigenvalue weighted by molar-refractivity contribution is 7.07. The van der Waals surface area contributed by atoms with E-state index in [1.807, 2.05) is 25.3 Å². The molecule has 0 aliphatic carbocycles. The molecule has 1 spiro atoms. The standard InChI is InChI=1S/C19H28N6OS/c1-18(2,3)20-17(26)16-22-21-15-10-23(4)19(13-25(15)16)6-7-24(12-19)9-14-5-8-27-11-14/h5,8,11H,6-7,9-10,12-13H2,1-4H3,(H,20,26). The van der Waals surface area contributed by atoms with Gasteiger partial charge in [0.05, 0.1) is 12.1 Å². The normalized spacial score (nSPS) is 23.7. The Balaban J connectivity index is 1.54. The van der Waals surface area contributed by atoms with Crippen molar-refractivity contribution in [3.8, 4) is 0 Å². The Kier molecular flexibility index (Phi) is 4.60. The fourth-order valence-corrected chi connectivity index (χ4v) is 4.79. The van der Waals surface area contributed by atoms with Crippen LogP contribution in [0.5, 0.6) is 0 Å². The van der Waals surface area contributed by atoms with Gasteiger partial charge in [0.15, 0.2) is 0 Å². The third-order valence-corrected chi connectivity index (χ3v) is 6.29. The van der Waals surface area contributed by atoms with Crippen LogP contribution in [0.1, 0.15) is 49.2 Å². The first-order valence-electron chi connectivity index (χ1n) is 9.45. The molecule has 27 heavy (non-hydrogen) atoms. The number of hydrogen-bond acceptors (Lipinski definition) is 6. The summed E-state index contributed by atoms with van der Waals surface area (Å²) < 4.78 is 2.04. The number of amides is 1. The third-order valence-electron chi connectivity index (χ3n) is 5.56. The lowest BCUT2D eigenvalue weighted by Gasteiger charge is -2.43. The average Bonchev–Trinajstić information content (AvgIpc) is 3.28. The number of thiophene rings is 1. The van der Waals surface area contributed by atoms with Crippen molar-refractivity contribution in [2.45, 2.75) is 57.9 Å². The van der Waals surface area contributed by atoms with Crippen molar-refractivity contribution in [3.05, 3.63) is 34.0 Å². The van der Waals surface area contributed by atoms with Crippen LogP contribution in [-0.2, 0) is 19.6 Å². The van der Waals surface area contributed by atoms with Crippen LogP contribution < -0.4 is 5.32 Å². The molecule has 2 aliphatic rings. The van der Waals surface area contributed by atoms with Gasteiger partial charge in [-0.2, -0.15) is 11.3 Å². The Morgan fingerprint density at radius 1 is 1.33 bits per heavy atom. The summed E-state index contributed by atoms with van der Waals surface area (Å²) in [5, 5.41) is 15.9. The van der Waals surface area contributed by atoms with Crippen LogP contribution >= 0.6 is 11.3 Å². The minimum absolute atomic E-state index is 0.0299. The topological polar surface area (TPSA) is 66.3 Å². The molecule has 1 amide bonds. The average molecular weight is 389 g/mol. The highest BCUT2D eigenvalue weighted by Gasteiger charge is 2.46. The van der Waals surface area contributed by atoms with Gasteiger partial charge in [-0.05, 0) is 56.6 Å². The lowest BCUT2D eigenvalue weighted by Crippen LogP contribution is -2.55. The Hall–Kier alpha value is -1.77. The molecule has 0 bridgehead atoms. The van der Waals surface area contributed by atoms with Gasteiger partial charge in [-0.25, -0.2) is 0 Å². The number of aromatic nitrogens is 3. The molecule has 146 valence electrons. The largest absolute Gasteiger partial charge is 0.345 e. The van der Waals surface area contributed by atoms with E-state index in [0.29, 0.717) is 5.82 Å². The molecule has 0 aromatic carbocycles. The van der Waals surface area contributed by atoms with E-state index in [4.69, 9.17) is 0 Å². The molecule has 2 aromatic heterocycles. The molecule has 4 heterocycles. The zero-order valence-corrected chi connectivity index (χ0v) is 17.3. The minimum atomic E-state index is -0.294. The maximum atomic E-state index is 12.7. The van der Waals surface area contributed by atoms with E-state index in [-0.39, 0.29) is 17.0 Å². The molecule has 1 saturated heterocycles. The van der Waals surface area contributed by atoms with Crippen LogP contribution in [0.25, 0.3) is 0 Å². The van der Waals surface area contributed by atoms with Crippen LogP contribution in [0.4, 0.5) is 0 Å². The zero-order chi connectivity index (χ0) is 19.2. The van der Waals surface area contributed by atoms with Crippen molar-refractivity contribution >= 4 is 17.2 Å². The molecule has 0 radical (unpaired) electrons. The van der Waals surface area contributed by atoms with Crippen molar-refractivity contribution < 1.29 is 4.79 Å². The zero-order valence-electron chi connectivity index (χ0n) is 16.5. The van der Waals surface area contributed by atoms with Crippen LogP contribution in [-0.4, -0.2) is 61.7 Å². The quantitative estimate of drug-likeness (QED) is 0.871. The van der Waals surface area contributed by atoms with Crippen molar-refractivity contribution in [1.82, 2.24) is 29.9 Å². The van der Waals surface area contributed by atoms with Gasteiger partial charge in [-0.3, -0.25) is 14.6 Å². The summed E-state index contributed by atoms with van der Waals surface area (Å²) >= 11 is 1.75. The second kappa shape index (κ2) is 6.68. The van der Waals surface area contributed by atoms with Gasteiger partial charge >= 0.3 is 0 Å². The van der Waals surface area contributed by atoms with Crippen molar-refractivity contribution in [2.75, 3.05) is 20.1 Å². The number of rotatable bonds is 3. The maximum absolute atomic E-state index is 12.7. The first-order valence-corrected chi connectivity index (χ1v) is 10.4. The monoisotopic (exact) mass is 388 g/mol. The van der Waals surface area contributed by atoms with Gasteiger partial charge in [0.2, 0.25) is 5.82 Å². The lowest BCUT2D eigenvalue weighted by molar-refractivity contribution is 0.0645. The molecule has 1 atom stereocenters. The minimum Gasteiger partial charge on any atom is -0.345 e. The Morgan fingerprint density at radius 2 is 2.15 bits per heavy atom. The van der Waals surface area contributed by atoms with E-state index in [1.165, 1.54) is 5.56 Å². The number of carbonyl (C=O) groups is 1. The van der Waals surface area contributed by atoms with Crippen molar-refractivity contribution in [3.63, 3.8) is 0 Å². The Bertz CT molecular complexity index is 824. The van der Waals surface area contributed by atoms with E-state index in [2.05, 4.69) is 49.2 Å². The number of nitrogens with zero attached hydrogens (tertiary/aromatic N) is 5. The van der Waals surface area contributed by atoms with Gasteiger partial charge in [-0.1, -0.05) is 0 Å². The fourth-order valence-electron chi connectivity index (χ4n) is 4.13. The van der Waals surface area contributed by atoms with Gasteiger partial charge in [-0.15, -0.1) is 10.2 Å². The summed E-state index contributed by atoms with van der Waals surface area (Å²) in [6, 6.07) is 2.20. The fraction of sp³-hybridized carbons (Fsp3) is 0.632. The van der Waals surface area contributed by atoms with Crippen molar-refractivity contribution in [1.29, 1.82) is 0 Å². The molecule has 1 unspecified atom stereocenters. The second-order valence-corrected chi connectivity index (χ2v) is 9.68. The second-order valence-electron chi connectivity index (χ2n) is 8.90. The summed E-state index contributed by atoms with van der Waals surface area (Å²) in [6.45, 7) is 10.5. The van der Waals surface area contributed by atoms with E-state index < -0.39 is 0 Å². The predicted molar refractivity (Wildman–Crippen MR) is 106 cm³/mol. The molecule has 1 fully saturated rings. The third kappa shape index (κ3) is 3.66. The SMILES string of the molecule is CN1Cc2nnc(C(=O)NC(C)(C)C)n2CC12CCN(Cc1ccsc1)C2. The van der Waals surface area contributed by atoms with Gasteiger partial charge in [0.1, 0.15) is 5.82 Å². The first kappa shape index (κ1) is 18.6. The number of carbonyl (C=O) groups excluding carboxylic acids is 1. The summed E-state index contributed by atoms with van der Waals surface area (Å²) in [5.74, 6) is 1.16. The van der Waals surface area contributed by atoms with E-state index in [9.17, 15) is 4.79 Å². The number of likely N-dealkylation sites (tertiary alicyclic amines) is 1. The number of nitrogens with one attached hydrogen (secondary N) is 1. The van der Waals surface area contributed by atoms with E-state index >= 15 is 0 Å². The summed E-state index contributed by atoms with van der Waals surface area (Å²) in [5.41, 5.74) is 1.12. The Labute approximate surface area is 164 Å². The molecule has 2 aromatic rings. The van der Waals surface area contributed by atoms with Gasteiger partial charge in [0, 0.05) is 31.7 Å². The highest BCUT2D eigenvalue weighted by Crippen LogP contribution is 2.34. The number of hydrogen-bond donors (Lipinski definition) is 1. The van der Waals surface area contributed by atoms with E-state index in [1.54, 1.807) is 11.3 Å². The highest BCUT2D eigenvalue weighted by atomic mass is 32.1. The van der Waals surface area contributed by atoms with Crippen LogP contribution in [0, 0.1) is 0 Å². The van der Waals surface area contributed by atoms with Crippen LogP contribution in [0.3, 0.4) is 0 Å². The van der Waals surface area contributed by atoms with Gasteiger partial charge in [0.25, 0.3) is 5.91 Å². The first-order chi connectivity index (χ1) is 12.8. The molecule has 2 aliphatic heterocycles. The number of likely N-dealkylation sites (N-methyl/N-ethyl adjacent to an activating group) is 1. The summed E-state index contributed by atoms with van der Waals surface area (Å²) in [7, 11) is 2.17. The van der Waals surface area contributed by atoms with Crippen LogP contribution in [0.2, 0.25) is 0 Å². The molecule has 0 saturated carbocycles. The van der Waals surface area contributed by atoms with Crippen LogP contribution in [0.15, 0.2) is 16.8 Å². The molecule has 4 rings (SSSR count). The molecular weight excluding hydrogens is 360 g/mol. The lowest BCUT2D eigenvalue weighted by atomic mass is 9.94. The maximum Gasteiger partial charge on any atom is 0.289 e. The summed E-state index contributed by atoms with van der Waals surface area (Å²) in [4.78, 5) is 17.6. The summed E-state index contributed by atoms with van der Waals surface area (Å²) in [6.07, 6.45) is 1.09. The molecule has 1 N–H and O–H groups in total. The van der Waals surface area contributed by atoms with E-state index in [0.717, 1.165) is 45.0 Å². The molecule has 7 nitrogen and oxygen atoms in total. The number of fused-ring (bicyclic) bond motifs is 1. The van der Waals surface area contributed by atoms with Crippen molar-refractivity contribution in [2.24, 2.45) is 0 Å². The van der Waals surface area contributed by atoms with Gasteiger partial charge < -0.3 is 9.88 Å². The Morgan fingerprint density at radius 3 is 2.85 bits per heavy atom. The predicted octanol–water partition coefficient (Wildman–Crippen LogP) is 1.96.